The maximum absolute atomic E-state index is 12.6. The number of amides is 1. The van der Waals surface area contributed by atoms with Crippen LogP contribution < -0.4 is 5.32 Å². The summed E-state index contributed by atoms with van der Waals surface area (Å²) in [5, 5.41) is 6.10. The average Bonchev–Trinajstić information content (AvgIpc) is 3.30. The third-order valence-electron chi connectivity index (χ3n) is 3.61. The molecule has 0 saturated heterocycles. The Hall–Kier alpha value is -2.97. The van der Waals surface area contributed by atoms with Crippen molar-refractivity contribution < 1.29 is 4.79 Å². The number of aromatic nitrogens is 4. The Kier molecular flexibility index (Phi) is 4.51. The number of hydrogen-bond acceptors (Lipinski definition) is 7. The maximum atomic E-state index is 12.6. The van der Waals surface area contributed by atoms with Gasteiger partial charge in [0.1, 0.15) is 9.88 Å². The van der Waals surface area contributed by atoms with Gasteiger partial charge < -0.3 is 0 Å². The first kappa shape index (κ1) is 16.5. The highest BCUT2D eigenvalue weighted by molar-refractivity contribution is 7.17. The summed E-state index contributed by atoms with van der Waals surface area (Å²) in [5.74, 6) is -0.201. The van der Waals surface area contributed by atoms with Crippen LogP contribution in [-0.2, 0) is 0 Å². The lowest BCUT2D eigenvalue weighted by Gasteiger charge is -1.99. The van der Waals surface area contributed by atoms with Gasteiger partial charge >= 0.3 is 0 Å². The van der Waals surface area contributed by atoms with Crippen LogP contribution in [0.15, 0.2) is 54.4 Å². The molecule has 0 aliphatic rings. The number of anilines is 1. The van der Waals surface area contributed by atoms with Gasteiger partial charge in [-0.05, 0) is 31.2 Å². The van der Waals surface area contributed by atoms with E-state index in [1.54, 1.807) is 24.8 Å². The molecule has 4 rings (SSSR count). The van der Waals surface area contributed by atoms with Gasteiger partial charge in [-0.3, -0.25) is 20.1 Å². The van der Waals surface area contributed by atoms with Gasteiger partial charge in [0.2, 0.25) is 0 Å². The van der Waals surface area contributed by atoms with E-state index in [1.165, 1.54) is 22.7 Å². The minimum Gasteiger partial charge on any atom is -0.297 e. The monoisotopic (exact) mass is 379 g/mol. The molecule has 4 heterocycles. The van der Waals surface area contributed by atoms with Crippen LogP contribution in [-0.4, -0.2) is 25.8 Å². The Morgan fingerprint density at radius 2 is 1.88 bits per heavy atom. The van der Waals surface area contributed by atoms with Crippen LogP contribution in [0.1, 0.15) is 15.4 Å². The number of thiazole rings is 2. The first-order valence-corrected chi connectivity index (χ1v) is 9.45. The standard InChI is InChI=1S/C18H13N5OS2/c1-11-15(26-17(21-11)12-4-7-19-8-5-12)16(24)23-18-22-14(10-25-18)13-3-2-6-20-9-13/h2-10H,1H3,(H,22,23,24). The van der Waals surface area contributed by atoms with Gasteiger partial charge in [-0.15, -0.1) is 22.7 Å². The molecule has 8 heteroatoms. The molecule has 0 aliphatic heterocycles. The first-order valence-electron chi connectivity index (χ1n) is 7.76. The minimum absolute atomic E-state index is 0.201. The number of pyridine rings is 2. The average molecular weight is 379 g/mol. The summed E-state index contributed by atoms with van der Waals surface area (Å²) in [6.45, 7) is 1.83. The van der Waals surface area contributed by atoms with Crippen molar-refractivity contribution >= 4 is 33.7 Å². The van der Waals surface area contributed by atoms with Crippen molar-refractivity contribution in [1.82, 2.24) is 19.9 Å². The second-order valence-corrected chi connectivity index (χ2v) is 7.26. The fourth-order valence-electron chi connectivity index (χ4n) is 2.36. The molecule has 0 atom stereocenters. The number of hydrogen-bond donors (Lipinski definition) is 1. The van der Waals surface area contributed by atoms with Crippen LogP contribution in [0, 0.1) is 6.92 Å². The molecule has 1 amide bonds. The zero-order valence-electron chi connectivity index (χ0n) is 13.7. The predicted molar refractivity (Wildman–Crippen MR) is 103 cm³/mol. The van der Waals surface area contributed by atoms with E-state index in [1.807, 2.05) is 36.6 Å². The van der Waals surface area contributed by atoms with Crippen LogP contribution in [0.4, 0.5) is 5.13 Å². The Balaban J connectivity index is 1.54. The first-order chi connectivity index (χ1) is 12.7. The number of nitrogens with one attached hydrogen (secondary N) is 1. The highest BCUT2D eigenvalue weighted by Gasteiger charge is 2.17. The molecule has 4 aromatic rings. The molecular weight excluding hydrogens is 366 g/mol. The summed E-state index contributed by atoms with van der Waals surface area (Å²) in [4.78, 5) is 30.3. The highest BCUT2D eigenvalue weighted by atomic mass is 32.1. The molecule has 0 spiro atoms. The minimum atomic E-state index is -0.201. The van der Waals surface area contributed by atoms with Crippen molar-refractivity contribution in [1.29, 1.82) is 0 Å². The molecule has 4 aromatic heterocycles. The van der Waals surface area contributed by atoms with Gasteiger partial charge in [-0.25, -0.2) is 9.97 Å². The molecule has 0 radical (unpaired) electrons. The lowest BCUT2D eigenvalue weighted by atomic mass is 10.2. The molecule has 0 aromatic carbocycles. The van der Waals surface area contributed by atoms with Gasteiger partial charge in [0.25, 0.3) is 5.91 Å². The van der Waals surface area contributed by atoms with Gasteiger partial charge in [-0.2, -0.15) is 0 Å². The number of carbonyl (C=O) groups is 1. The predicted octanol–water partition coefficient (Wildman–Crippen LogP) is 4.28. The SMILES string of the molecule is Cc1nc(-c2ccncc2)sc1C(=O)Nc1nc(-c2cccnc2)cs1. The second-order valence-electron chi connectivity index (χ2n) is 5.40. The molecule has 0 aliphatic carbocycles. The second kappa shape index (κ2) is 7.11. The zero-order chi connectivity index (χ0) is 17.9. The van der Waals surface area contributed by atoms with Gasteiger partial charge in [0.15, 0.2) is 5.13 Å². The lowest BCUT2D eigenvalue weighted by Crippen LogP contribution is -2.11. The molecule has 0 fully saturated rings. The largest absolute Gasteiger partial charge is 0.297 e. The Labute approximate surface area is 157 Å². The van der Waals surface area contributed by atoms with Gasteiger partial charge in [-0.1, -0.05) is 0 Å². The fraction of sp³-hybridized carbons (Fsp3) is 0.0556. The highest BCUT2D eigenvalue weighted by Crippen LogP contribution is 2.29. The summed E-state index contributed by atoms with van der Waals surface area (Å²) in [5.41, 5.74) is 3.35. The van der Waals surface area contributed by atoms with Gasteiger partial charge in [0.05, 0.1) is 11.4 Å². The number of nitrogens with zero attached hydrogens (tertiary/aromatic N) is 4. The number of rotatable bonds is 4. The van der Waals surface area contributed by atoms with E-state index in [9.17, 15) is 4.79 Å². The van der Waals surface area contributed by atoms with Crippen molar-refractivity contribution in [3.8, 4) is 21.8 Å². The van der Waals surface area contributed by atoms with E-state index in [2.05, 4.69) is 25.3 Å². The van der Waals surface area contributed by atoms with E-state index in [0.717, 1.165) is 21.8 Å². The molecule has 0 saturated carbocycles. The van der Waals surface area contributed by atoms with E-state index in [-0.39, 0.29) is 5.91 Å². The van der Waals surface area contributed by atoms with E-state index in [4.69, 9.17) is 0 Å². The van der Waals surface area contributed by atoms with Crippen LogP contribution in [0.25, 0.3) is 21.8 Å². The third kappa shape index (κ3) is 3.37. The lowest BCUT2D eigenvalue weighted by molar-refractivity contribution is 0.103. The zero-order valence-corrected chi connectivity index (χ0v) is 15.3. The van der Waals surface area contributed by atoms with E-state index < -0.39 is 0 Å². The molecule has 6 nitrogen and oxygen atoms in total. The summed E-state index contributed by atoms with van der Waals surface area (Å²) in [6, 6.07) is 7.54. The molecule has 0 bridgehead atoms. The summed E-state index contributed by atoms with van der Waals surface area (Å²) < 4.78 is 0. The maximum Gasteiger partial charge on any atom is 0.269 e. The Bertz CT molecular complexity index is 1040. The topological polar surface area (TPSA) is 80.7 Å². The van der Waals surface area contributed by atoms with Crippen molar-refractivity contribution in [3.63, 3.8) is 0 Å². The quantitative estimate of drug-likeness (QED) is 0.572. The summed E-state index contributed by atoms with van der Waals surface area (Å²) in [7, 11) is 0. The normalized spacial score (nSPS) is 10.7. The van der Waals surface area contributed by atoms with Crippen molar-refractivity contribution in [2.24, 2.45) is 0 Å². The van der Waals surface area contributed by atoms with Crippen molar-refractivity contribution in [2.75, 3.05) is 5.32 Å². The van der Waals surface area contributed by atoms with Gasteiger partial charge in [0, 0.05) is 41.3 Å². The molecular formula is C18H13N5OS2. The van der Waals surface area contributed by atoms with Crippen LogP contribution >= 0.6 is 22.7 Å². The van der Waals surface area contributed by atoms with Crippen LogP contribution in [0.2, 0.25) is 0 Å². The van der Waals surface area contributed by atoms with E-state index >= 15 is 0 Å². The summed E-state index contributed by atoms with van der Waals surface area (Å²) in [6.07, 6.45) is 6.88. The summed E-state index contributed by atoms with van der Waals surface area (Å²) >= 11 is 2.74. The van der Waals surface area contributed by atoms with Crippen molar-refractivity contribution in [3.05, 3.63) is 65.0 Å². The Morgan fingerprint density at radius 1 is 1.04 bits per heavy atom. The smallest absolute Gasteiger partial charge is 0.269 e. The van der Waals surface area contributed by atoms with Crippen LogP contribution in [0.3, 0.4) is 0 Å². The molecule has 1 N–H and O–H groups in total. The molecule has 128 valence electrons. The van der Waals surface area contributed by atoms with Crippen LogP contribution in [0.5, 0.6) is 0 Å². The molecule has 26 heavy (non-hydrogen) atoms. The molecule has 0 unspecified atom stereocenters. The number of carbonyl (C=O) groups excluding carboxylic acids is 1. The fourth-order valence-corrected chi connectivity index (χ4v) is 4.04. The van der Waals surface area contributed by atoms with E-state index in [0.29, 0.717) is 15.7 Å². The number of aryl methyl sites for hydroxylation is 1. The van der Waals surface area contributed by atoms with Crippen molar-refractivity contribution in [2.45, 2.75) is 6.92 Å². The third-order valence-corrected chi connectivity index (χ3v) is 5.58. The Morgan fingerprint density at radius 3 is 2.65 bits per heavy atom.